The normalized spacial score (nSPS) is 11.1. The fourth-order valence-corrected chi connectivity index (χ4v) is 3.06. The molecule has 5 nitrogen and oxygen atoms in total. The third kappa shape index (κ3) is 6.37. The van der Waals surface area contributed by atoms with Crippen molar-refractivity contribution < 1.29 is 22.8 Å². The summed E-state index contributed by atoms with van der Waals surface area (Å²) in [4.78, 5) is 23.7. The number of benzene rings is 2. The first kappa shape index (κ1) is 20.9. The number of anilines is 2. The van der Waals surface area contributed by atoms with Crippen molar-refractivity contribution in [3.8, 4) is 0 Å². The van der Waals surface area contributed by atoms with E-state index in [1.807, 2.05) is 0 Å². The van der Waals surface area contributed by atoms with Gasteiger partial charge in [-0.15, -0.1) is 11.8 Å². The van der Waals surface area contributed by atoms with Crippen LogP contribution in [-0.4, -0.2) is 24.1 Å². The van der Waals surface area contributed by atoms with E-state index in [1.165, 1.54) is 17.8 Å². The molecule has 2 aromatic rings. The van der Waals surface area contributed by atoms with Crippen LogP contribution in [0.15, 0.2) is 47.4 Å². The molecule has 0 saturated heterocycles. The minimum atomic E-state index is -4.65. The van der Waals surface area contributed by atoms with E-state index >= 15 is 0 Å². The van der Waals surface area contributed by atoms with Crippen LogP contribution in [0, 0.1) is 0 Å². The number of hydrogen-bond acceptors (Lipinski definition) is 4. The van der Waals surface area contributed by atoms with Crippen molar-refractivity contribution in [2.45, 2.75) is 11.1 Å². The molecule has 0 fully saturated rings. The third-order valence-electron chi connectivity index (χ3n) is 3.26. The molecule has 0 aliphatic heterocycles. The number of halogens is 4. The van der Waals surface area contributed by atoms with Crippen LogP contribution in [-0.2, 0) is 15.8 Å². The third-order valence-corrected chi connectivity index (χ3v) is 4.59. The Morgan fingerprint density at radius 3 is 2.48 bits per heavy atom. The predicted molar refractivity (Wildman–Crippen MR) is 99.9 cm³/mol. The first-order valence-corrected chi connectivity index (χ1v) is 8.94. The number of para-hydroxylation sites is 1. The molecular formula is C17H15ClF3N3O2S. The molecule has 0 aromatic heterocycles. The largest absolute Gasteiger partial charge is 0.418 e. The van der Waals surface area contributed by atoms with Crippen LogP contribution in [0.25, 0.3) is 0 Å². The average Bonchev–Trinajstić information content (AvgIpc) is 2.59. The molecule has 4 N–H and O–H groups in total. The molecule has 27 heavy (non-hydrogen) atoms. The van der Waals surface area contributed by atoms with E-state index in [-0.39, 0.29) is 23.0 Å². The molecule has 0 atom stereocenters. The number of nitrogens with two attached hydrogens (primary N) is 1. The van der Waals surface area contributed by atoms with Gasteiger partial charge in [0.2, 0.25) is 11.8 Å². The zero-order valence-electron chi connectivity index (χ0n) is 13.8. The highest BCUT2D eigenvalue weighted by Gasteiger charge is 2.34. The SMILES string of the molecule is NC(=O)CSc1ccccc1NCC(=O)Nc1ccc(Cl)cc1C(F)(F)F. The number of carbonyl (C=O) groups excluding carboxylic acids is 2. The standard InChI is InChI=1S/C17H15ClF3N3O2S/c18-10-5-6-12(11(7-10)17(19,20)21)24-16(26)8-23-13-3-1-2-4-14(13)27-9-15(22)25/h1-7,23H,8-9H2,(H2,22,25)(H,24,26). The second-order valence-corrected chi connectivity index (χ2v) is 6.79. The summed E-state index contributed by atoms with van der Waals surface area (Å²) in [7, 11) is 0. The molecule has 2 rings (SSSR count). The zero-order valence-corrected chi connectivity index (χ0v) is 15.3. The van der Waals surface area contributed by atoms with E-state index in [0.29, 0.717) is 10.6 Å². The molecule has 144 valence electrons. The predicted octanol–water partition coefficient (Wildman–Crippen LogP) is 3.99. The summed E-state index contributed by atoms with van der Waals surface area (Å²) in [5, 5.41) is 4.97. The van der Waals surface area contributed by atoms with Crippen molar-refractivity contribution in [1.29, 1.82) is 0 Å². The van der Waals surface area contributed by atoms with Gasteiger partial charge in [-0.1, -0.05) is 23.7 Å². The summed E-state index contributed by atoms with van der Waals surface area (Å²) in [6.07, 6.45) is -4.65. The summed E-state index contributed by atoms with van der Waals surface area (Å²) in [5.41, 5.74) is 4.27. The van der Waals surface area contributed by atoms with Gasteiger partial charge in [0.25, 0.3) is 0 Å². The molecule has 0 heterocycles. The molecule has 0 radical (unpaired) electrons. The maximum absolute atomic E-state index is 13.1. The number of hydrogen-bond donors (Lipinski definition) is 3. The second-order valence-electron chi connectivity index (χ2n) is 5.34. The van der Waals surface area contributed by atoms with Crippen LogP contribution < -0.4 is 16.4 Å². The first-order chi connectivity index (χ1) is 12.7. The Hall–Kier alpha value is -2.39. The Bertz CT molecular complexity index is 846. The Morgan fingerprint density at radius 1 is 1.11 bits per heavy atom. The molecule has 10 heteroatoms. The lowest BCUT2D eigenvalue weighted by molar-refractivity contribution is -0.137. The summed E-state index contributed by atoms with van der Waals surface area (Å²) >= 11 is 6.80. The molecule has 0 aliphatic carbocycles. The highest BCUT2D eigenvalue weighted by Crippen LogP contribution is 2.36. The van der Waals surface area contributed by atoms with Gasteiger partial charge >= 0.3 is 6.18 Å². The van der Waals surface area contributed by atoms with E-state index in [0.717, 1.165) is 12.1 Å². The van der Waals surface area contributed by atoms with Crippen molar-refractivity contribution in [1.82, 2.24) is 0 Å². The molecule has 2 aromatic carbocycles. The fraction of sp³-hybridized carbons (Fsp3) is 0.176. The highest BCUT2D eigenvalue weighted by molar-refractivity contribution is 8.00. The van der Waals surface area contributed by atoms with Crippen molar-refractivity contribution in [3.05, 3.63) is 53.1 Å². The Morgan fingerprint density at radius 2 is 1.81 bits per heavy atom. The Balaban J connectivity index is 2.05. The minimum absolute atomic E-state index is 0.0601. The molecule has 0 saturated carbocycles. The smallest absolute Gasteiger partial charge is 0.375 e. The number of alkyl halides is 3. The lowest BCUT2D eigenvalue weighted by Crippen LogP contribution is -2.23. The van der Waals surface area contributed by atoms with Gasteiger partial charge in [0.1, 0.15) is 0 Å². The number of primary amides is 1. The summed E-state index contributed by atoms with van der Waals surface area (Å²) < 4.78 is 39.2. The summed E-state index contributed by atoms with van der Waals surface area (Å²) in [5.74, 6) is -1.10. The van der Waals surface area contributed by atoms with Gasteiger partial charge in [-0.05, 0) is 30.3 Å². The number of amides is 2. The van der Waals surface area contributed by atoms with E-state index < -0.39 is 23.6 Å². The summed E-state index contributed by atoms with van der Waals surface area (Å²) in [6, 6.07) is 9.98. The molecule has 0 bridgehead atoms. The van der Waals surface area contributed by atoms with Crippen molar-refractivity contribution in [2.75, 3.05) is 22.9 Å². The van der Waals surface area contributed by atoms with Crippen LogP contribution in [0.4, 0.5) is 24.5 Å². The zero-order chi connectivity index (χ0) is 20.0. The van der Waals surface area contributed by atoms with Gasteiger partial charge < -0.3 is 16.4 Å². The van der Waals surface area contributed by atoms with Gasteiger partial charge in [0.15, 0.2) is 0 Å². The van der Waals surface area contributed by atoms with E-state index in [1.54, 1.807) is 24.3 Å². The molecular weight excluding hydrogens is 403 g/mol. The molecule has 0 aliphatic rings. The fourth-order valence-electron chi connectivity index (χ4n) is 2.12. The number of thioether (sulfide) groups is 1. The highest BCUT2D eigenvalue weighted by atomic mass is 35.5. The van der Waals surface area contributed by atoms with E-state index in [9.17, 15) is 22.8 Å². The van der Waals surface area contributed by atoms with Gasteiger partial charge in [0.05, 0.1) is 23.5 Å². The minimum Gasteiger partial charge on any atom is -0.375 e. The Kier molecular flexibility index (Phi) is 6.98. The molecule has 2 amide bonds. The van der Waals surface area contributed by atoms with Gasteiger partial charge in [-0.25, -0.2) is 0 Å². The lowest BCUT2D eigenvalue weighted by atomic mass is 10.1. The quantitative estimate of drug-likeness (QED) is 0.595. The molecule has 0 unspecified atom stereocenters. The maximum atomic E-state index is 13.1. The average molecular weight is 418 g/mol. The monoisotopic (exact) mass is 417 g/mol. The number of rotatable bonds is 7. The van der Waals surface area contributed by atoms with Crippen LogP contribution in [0.5, 0.6) is 0 Å². The van der Waals surface area contributed by atoms with Crippen LogP contribution in [0.1, 0.15) is 5.56 Å². The van der Waals surface area contributed by atoms with Gasteiger partial charge in [0, 0.05) is 15.6 Å². The van der Waals surface area contributed by atoms with Gasteiger partial charge in [-0.2, -0.15) is 13.2 Å². The van der Waals surface area contributed by atoms with Gasteiger partial charge in [-0.3, -0.25) is 9.59 Å². The Labute approximate surface area is 162 Å². The van der Waals surface area contributed by atoms with Crippen molar-refractivity contribution >= 4 is 46.6 Å². The topological polar surface area (TPSA) is 84.2 Å². The number of carbonyl (C=O) groups is 2. The first-order valence-electron chi connectivity index (χ1n) is 7.57. The van der Waals surface area contributed by atoms with Crippen LogP contribution in [0.2, 0.25) is 5.02 Å². The van der Waals surface area contributed by atoms with E-state index in [2.05, 4.69) is 10.6 Å². The second kappa shape index (κ2) is 9.01. The number of nitrogens with one attached hydrogen (secondary N) is 2. The lowest BCUT2D eigenvalue weighted by Gasteiger charge is -2.15. The van der Waals surface area contributed by atoms with Crippen LogP contribution in [0.3, 0.4) is 0 Å². The van der Waals surface area contributed by atoms with E-state index in [4.69, 9.17) is 17.3 Å². The van der Waals surface area contributed by atoms with Crippen molar-refractivity contribution in [2.24, 2.45) is 5.73 Å². The molecule has 0 spiro atoms. The van der Waals surface area contributed by atoms with Crippen molar-refractivity contribution in [3.63, 3.8) is 0 Å². The maximum Gasteiger partial charge on any atom is 0.418 e. The summed E-state index contributed by atoms with van der Waals surface area (Å²) in [6.45, 7) is -0.270. The van der Waals surface area contributed by atoms with Crippen LogP contribution >= 0.6 is 23.4 Å².